The van der Waals surface area contributed by atoms with Crippen molar-refractivity contribution in [2.75, 3.05) is 58.9 Å². The summed E-state index contributed by atoms with van der Waals surface area (Å²) < 4.78 is 4.93. The second-order valence-electron chi connectivity index (χ2n) is 20.0. The highest BCUT2D eigenvalue weighted by molar-refractivity contribution is 5.76. The maximum Gasteiger partial charge on any atom is 0.307 e. The van der Waals surface area contributed by atoms with Crippen molar-refractivity contribution in [3.05, 3.63) is 59.4 Å². The van der Waals surface area contributed by atoms with Gasteiger partial charge in [-0.25, -0.2) is 4.98 Å². The Morgan fingerprint density at radius 3 is 2.10 bits per heavy atom. The number of anilines is 1. The van der Waals surface area contributed by atoms with Gasteiger partial charge in [0.25, 0.3) is 0 Å². The van der Waals surface area contributed by atoms with Crippen molar-refractivity contribution in [3.63, 3.8) is 0 Å². The molecule has 78 heavy (non-hydrogen) atoms. The summed E-state index contributed by atoms with van der Waals surface area (Å²) in [4.78, 5) is 36.5. The van der Waals surface area contributed by atoms with Gasteiger partial charge in [0.1, 0.15) is 73.6 Å². The smallest absolute Gasteiger partial charge is 0.307 e. The zero-order valence-electron chi connectivity index (χ0n) is 44.2. The third-order valence-electron chi connectivity index (χ3n) is 13.8. The topological polar surface area (TPSA) is 468 Å². The summed E-state index contributed by atoms with van der Waals surface area (Å²) >= 11 is 0. The van der Waals surface area contributed by atoms with Crippen LogP contribution < -0.4 is 32.3 Å². The van der Waals surface area contributed by atoms with Crippen molar-refractivity contribution in [2.45, 2.75) is 169 Å². The maximum atomic E-state index is 12.5. The Morgan fingerprint density at radius 2 is 1.45 bits per heavy atom. The van der Waals surface area contributed by atoms with Crippen LogP contribution in [0.15, 0.2) is 42.5 Å². The molecule has 2 aromatic carbocycles. The number of benzene rings is 2. The third kappa shape index (κ3) is 20.7. The Hall–Kier alpha value is -4.19. The molecule has 444 valence electrons. The molecule has 1 aromatic heterocycles. The van der Waals surface area contributed by atoms with E-state index in [1.165, 1.54) is 7.11 Å². The minimum absolute atomic E-state index is 0.0408. The van der Waals surface area contributed by atoms with Crippen LogP contribution in [0.4, 0.5) is 5.69 Å². The fourth-order valence-corrected chi connectivity index (χ4v) is 8.86. The lowest BCUT2D eigenvalue weighted by Gasteiger charge is -2.31. The number of esters is 1. The molecule has 28 nitrogen and oxygen atoms in total. The highest BCUT2D eigenvalue weighted by Crippen LogP contribution is 2.31. The first-order valence-electron chi connectivity index (χ1n) is 26.2. The Bertz CT molecular complexity index is 2170. The average Bonchev–Trinajstić information content (AvgIpc) is 3.83. The summed E-state index contributed by atoms with van der Waals surface area (Å²) in [6.45, 7) is -1.41. The van der Waals surface area contributed by atoms with Crippen LogP contribution in [0.5, 0.6) is 0 Å². The molecule has 4 rings (SSSR count). The highest BCUT2D eigenvalue weighted by Gasteiger charge is 2.34. The number of nitrogens with two attached hydrogens (primary N) is 1. The number of aliphatic hydroxyl groups is 15. The van der Waals surface area contributed by atoms with Crippen LogP contribution in [0.25, 0.3) is 11.0 Å². The predicted molar refractivity (Wildman–Crippen MR) is 281 cm³/mol. The summed E-state index contributed by atoms with van der Waals surface area (Å²) in [5, 5.41) is 168. The van der Waals surface area contributed by atoms with Gasteiger partial charge in [-0.15, -0.1) is 0 Å². The number of amides is 1. The number of rotatable bonds is 37. The van der Waals surface area contributed by atoms with Crippen molar-refractivity contribution >= 4 is 28.6 Å². The number of H-pyrrole nitrogens is 1. The highest BCUT2D eigenvalue weighted by atomic mass is 16.5. The molecule has 1 amide bonds. The fraction of sp³-hybridized carbons (Fsp3) is 0.700. The van der Waals surface area contributed by atoms with Gasteiger partial charge >= 0.3 is 5.97 Å². The number of nitrogens with zero attached hydrogens (tertiary/aromatic N) is 3. The van der Waals surface area contributed by atoms with Gasteiger partial charge in [-0.1, -0.05) is 31.0 Å². The molecule has 3 aromatic rings. The number of methoxy groups -OCH3 is 1. The first kappa shape index (κ1) is 66.3. The van der Waals surface area contributed by atoms with Gasteiger partial charge in [0.2, 0.25) is 5.91 Å². The van der Waals surface area contributed by atoms with Crippen molar-refractivity contribution in [2.24, 2.45) is 5.73 Å². The van der Waals surface area contributed by atoms with Crippen molar-refractivity contribution in [1.82, 2.24) is 41.0 Å². The van der Waals surface area contributed by atoms with Gasteiger partial charge in [-0.2, -0.15) is 0 Å². The van der Waals surface area contributed by atoms with Crippen molar-refractivity contribution < 1.29 is 90.9 Å². The summed E-state index contributed by atoms with van der Waals surface area (Å²) in [7, 11) is 3.06. The van der Waals surface area contributed by atoms with Crippen LogP contribution >= 0.6 is 0 Å². The molecule has 28 heteroatoms. The standard InChI is InChI=1S/C50H86N10O18/c1-59(24-39-56-31-9-5-6-10-32(31)57-39)49(76)27-11-13-30-28(19-27)23-60(50(77)34(55-30)20-42(69)78-2)18-8-4-3-7-17-52-48(75)33(14-16-41(68)54-22-36(64)44(71)46(73)38(66)26-62)58-47(74)29(51)12-15-40(67)53-21-35(63)43(70)45(72)37(65)25-61/h5-6,9-11,13,19,29,33-38,41,43-50,52,54-55,58,61-66,68,70-77H,3-4,7-8,12,14-18,20-26,51H2,1-2H3,(H,53,67)(H,56,57)/t29-,33-,34?,35+,36+,37+,38+,41+,43-,44-,45-,46-,47+,48+,49+,50+/m0/s1. The molecule has 0 aliphatic carbocycles. The second-order valence-corrected chi connectivity index (χ2v) is 20.0. The summed E-state index contributed by atoms with van der Waals surface area (Å²) in [5.41, 5.74) is 10.0. The van der Waals surface area contributed by atoms with E-state index in [9.17, 15) is 76.0 Å². The van der Waals surface area contributed by atoms with Crippen LogP contribution in [0.3, 0.4) is 0 Å². The lowest BCUT2D eigenvalue weighted by molar-refractivity contribution is -0.142. The number of aromatic nitrogens is 2. The second kappa shape index (κ2) is 33.5. The van der Waals surface area contributed by atoms with E-state index in [1.54, 1.807) is 18.0 Å². The molecule has 1 aliphatic rings. The SMILES string of the molecule is COC(=O)CC1Nc2ccc([C@@H](O)N(C)Cc3nc4ccccc4[nH]3)cc2CN(CCCCCCN[C@H](O)[C@H](CC[C@@H](O)NC[C@@H](O)[C@H](O)[C@@H](O)[C@H](O)CO)N[C@H](O)[C@@H](N)CCC(=O)NC[C@@H](O)[C@H](O)[C@@H](O)[C@H](O)CO)[C@@H]1O. The van der Waals surface area contributed by atoms with Gasteiger partial charge in [-0.05, 0) is 81.1 Å². The van der Waals surface area contributed by atoms with Gasteiger partial charge in [0, 0.05) is 50.4 Å². The largest absolute Gasteiger partial charge is 0.469 e. The van der Waals surface area contributed by atoms with E-state index in [0.717, 1.165) is 16.6 Å². The number of ether oxygens (including phenoxy) is 1. The quantitative estimate of drug-likeness (QED) is 0.0145. The Kier molecular flexibility index (Phi) is 28.5. The number of aliphatic hydroxyl groups excluding tert-OH is 15. The summed E-state index contributed by atoms with van der Waals surface area (Å²) in [6.07, 6.45) is -18.8. The zero-order valence-corrected chi connectivity index (χ0v) is 44.2. The van der Waals surface area contributed by atoms with Gasteiger partial charge in [0.15, 0.2) is 0 Å². The molecule has 2 heterocycles. The zero-order chi connectivity index (χ0) is 57.6. The Balaban J connectivity index is 1.32. The Morgan fingerprint density at radius 1 is 0.808 bits per heavy atom. The number of hydrogen-bond acceptors (Lipinski definition) is 26. The monoisotopic (exact) mass is 1110 g/mol. The maximum absolute atomic E-state index is 12.5. The van der Waals surface area contributed by atoms with E-state index in [1.807, 2.05) is 41.3 Å². The summed E-state index contributed by atoms with van der Waals surface area (Å²) in [6, 6.07) is 10.3. The molecule has 0 fully saturated rings. The van der Waals surface area contributed by atoms with Crippen molar-refractivity contribution in [3.8, 4) is 0 Å². The van der Waals surface area contributed by atoms with Gasteiger partial charge in [-0.3, -0.25) is 35.3 Å². The molecular weight excluding hydrogens is 1030 g/mol. The fourth-order valence-electron chi connectivity index (χ4n) is 8.86. The normalized spacial score (nSPS) is 20.7. The van der Waals surface area contributed by atoms with E-state index < -0.39 is 136 Å². The molecule has 16 atom stereocenters. The van der Waals surface area contributed by atoms with E-state index in [2.05, 4.69) is 36.6 Å². The van der Waals surface area contributed by atoms with Gasteiger partial charge in [0.05, 0.1) is 62.6 Å². The molecule has 23 N–H and O–H groups in total. The minimum Gasteiger partial charge on any atom is -0.469 e. The summed E-state index contributed by atoms with van der Waals surface area (Å²) in [5.74, 6) is -0.475. The van der Waals surface area contributed by atoms with Crippen LogP contribution in [0, 0.1) is 0 Å². The van der Waals surface area contributed by atoms with Crippen LogP contribution in [0.1, 0.15) is 81.0 Å². The predicted octanol–water partition coefficient (Wildman–Crippen LogP) is -6.31. The molecule has 0 spiro atoms. The lowest BCUT2D eigenvalue weighted by Crippen LogP contribution is -2.56. The number of hydrogen-bond donors (Lipinski definition) is 22. The molecule has 0 saturated heterocycles. The number of carbonyl (C=O) groups is 2. The number of fused-ring (bicyclic) bond motifs is 2. The van der Waals surface area contributed by atoms with Crippen LogP contribution in [0.2, 0.25) is 0 Å². The third-order valence-corrected chi connectivity index (χ3v) is 13.8. The Labute approximate surface area is 452 Å². The molecule has 1 aliphatic heterocycles. The number of imidazole rings is 1. The minimum atomic E-state index is -1.90. The number of carbonyl (C=O) groups excluding carboxylic acids is 2. The number of para-hydroxylation sites is 2. The number of aromatic amines is 1. The van der Waals surface area contributed by atoms with E-state index in [4.69, 9.17) is 20.7 Å². The molecule has 0 saturated carbocycles. The van der Waals surface area contributed by atoms with Crippen LogP contribution in [-0.2, 0) is 27.4 Å². The van der Waals surface area contributed by atoms with E-state index >= 15 is 0 Å². The molecule has 1 unspecified atom stereocenters. The molecule has 0 bridgehead atoms. The number of nitrogens with one attached hydrogen (secondary N) is 6. The van der Waals surface area contributed by atoms with Gasteiger partial charge < -0.3 is 103 Å². The number of unbranched alkanes of at least 4 members (excludes halogenated alkanes) is 3. The van der Waals surface area contributed by atoms with Crippen molar-refractivity contribution in [1.29, 1.82) is 0 Å². The first-order chi connectivity index (χ1) is 37.1. The van der Waals surface area contributed by atoms with E-state index in [0.29, 0.717) is 62.4 Å². The molecule has 0 radical (unpaired) electrons. The van der Waals surface area contributed by atoms with Crippen LogP contribution in [-0.4, -0.2) is 254 Å². The van der Waals surface area contributed by atoms with E-state index in [-0.39, 0.29) is 38.6 Å². The lowest BCUT2D eigenvalue weighted by atomic mass is 10.0. The first-order valence-corrected chi connectivity index (χ1v) is 26.2. The molecular formula is C50H86N10O18. The average molecular weight is 1120 g/mol.